The van der Waals surface area contributed by atoms with Crippen LogP contribution < -0.4 is 22.1 Å². The van der Waals surface area contributed by atoms with Gasteiger partial charge < -0.3 is 22.1 Å². The molecule has 1 amide bonds. The first-order valence-corrected chi connectivity index (χ1v) is 11.0. The Labute approximate surface area is 177 Å². The van der Waals surface area contributed by atoms with Crippen molar-refractivity contribution in [2.24, 2.45) is 22.4 Å². The Morgan fingerprint density at radius 1 is 1.10 bits per heavy atom. The minimum atomic E-state index is -0.741. The minimum absolute atomic E-state index is 0. The molecule has 1 rings (SSSR count). The summed E-state index contributed by atoms with van der Waals surface area (Å²) in [5.41, 5.74) is 10.1. The molecule has 0 aromatic carbocycles. The number of aliphatic imine (C=N–C) groups is 1. The molecule has 0 bridgehead atoms. The van der Waals surface area contributed by atoms with Gasteiger partial charge >= 0.3 is 0 Å². The number of carbonyl (C=O) groups excluding carboxylic acids is 2. The van der Waals surface area contributed by atoms with Gasteiger partial charge in [0.05, 0.1) is 5.54 Å². The van der Waals surface area contributed by atoms with Crippen LogP contribution in [0.2, 0.25) is 0 Å². The van der Waals surface area contributed by atoms with Gasteiger partial charge in [0.15, 0.2) is 11.7 Å². The van der Waals surface area contributed by atoms with Crippen molar-refractivity contribution < 1.29 is 9.59 Å². The number of hydrogen-bond acceptors (Lipinski definition) is 4. The molecule has 29 heavy (non-hydrogen) atoms. The first kappa shape index (κ1) is 27.4. The molecule has 1 atom stereocenters. The van der Waals surface area contributed by atoms with E-state index in [1.54, 1.807) is 0 Å². The minimum Gasteiger partial charge on any atom is -0.370 e. The van der Waals surface area contributed by atoms with Crippen LogP contribution in [0.5, 0.6) is 0 Å². The predicted molar refractivity (Wildman–Crippen MR) is 122 cm³/mol. The van der Waals surface area contributed by atoms with E-state index >= 15 is 0 Å². The van der Waals surface area contributed by atoms with Crippen LogP contribution in [0.15, 0.2) is 4.99 Å². The van der Waals surface area contributed by atoms with Crippen LogP contribution in [0.25, 0.3) is 0 Å². The molecule has 0 aliphatic carbocycles. The molecule has 1 saturated heterocycles. The van der Waals surface area contributed by atoms with Gasteiger partial charge in [-0.15, -0.1) is 0 Å². The molecule has 0 radical (unpaired) electrons. The summed E-state index contributed by atoms with van der Waals surface area (Å²) in [6.45, 7) is 6.34. The summed E-state index contributed by atoms with van der Waals surface area (Å²) in [4.78, 5) is 29.7. The molecule has 1 aliphatic heterocycles. The summed E-state index contributed by atoms with van der Waals surface area (Å²) in [7, 11) is 0. The van der Waals surface area contributed by atoms with Gasteiger partial charge in [-0.05, 0) is 57.5 Å². The summed E-state index contributed by atoms with van der Waals surface area (Å²) < 4.78 is 0. The Morgan fingerprint density at radius 3 is 2.41 bits per heavy atom. The normalized spacial score (nSPS) is 21.8. The van der Waals surface area contributed by atoms with Crippen molar-refractivity contribution in [3.05, 3.63) is 0 Å². The highest BCUT2D eigenvalue weighted by Gasteiger charge is 2.36. The third-order valence-electron chi connectivity index (χ3n) is 5.85. The van der Waals surface area contributed by atoms with E-state index in [4.69, 9.17) is 11.5 Å². The van der Waals surface area contributed by atoms with Crippen molar-refractivity contribution in [3.63, 3.8) is 0 Å². The van der Waals surface area contributed by atoms with Crippen LogP contribution in [0.4, 0.5) is 0 Å². The average Bonchev–Trinajstić information content (AvgIpc) is 2.67. The smallest absolute Gasteiger partial charge is 0.220 e. The summed E-state index contributed by atoms with van der Waals surface area (Å²) in [5, 5.41) is 6.61. The van der Waals surface area contributed by atoms with Crippen LogP contribution in [-0.4, -0.2) is 42.8 Å². The van der Waals surface area contributed by atoms with Gasteiger partial charge in [0, 0.05) is 19.4 Å². The lowest BCUT2D eigenvalue weighted by molar-refractivity contribution is -0.133. The number of nitrogens with one attached hydrogen (secondary N) is 2. The number of carbonyl (C=O) groups is 2. The lowest BCUT2D eigenvalue weighted by Gasteiger charge is -2.33. The molecule has 170 valence electrons. The molecule has 0 saturated carbocycles. The van der Waals surface area contributed by atoms with Crippen molar-refractivity contribution in [1.29, 1.82) is 0 Å². The SMILES string of the molecule is C.CCC1(CC)NC(=O)CCCCCCCNC[C@H](CCCN=C(N)N)CC1=O. The topological polar surface area (TPSA) is 123 Å². The van der Waals surface area contributed by atoms with Gasteiger partial charge in [0.2, 0.25) is 5.91 Å². The lowest BCUT2D eigenvalue weighted by Crippen LogP contribution is -2.54. The Morgan fingerprint density at radius 2 is 1.76 bits per heavy atom. The van der Waals surface area contributed by atoms with Gasteiger partial charge in [0.1, 0.15) is 0 Å². The third-order valence-corrected chi connectivity index (χ3v) is 5.85. The molecule has 0 aromatic heterocycles. The number of ketones is 1. The number of Topliss-reactive ketones (excluding diaryl/α,β-unsaturated/α-hetero) is 1. The van der Waals surface area contributed by atoms with Crippen molar-refractivity contribution in [3.8, 4) is 0 Å². The predicted octanol–water partition coefficient (Wildman–Crippen LogP) is 2.87. The van der Waals surface area contributed by atoms with E-state index in [1.807, 2.05) is 13.8 Å². The maximum atomic E-state index is 13.2. The quantitative estimate of drug-likeness (QED) is 0.304. The van der Waals surface area contributed by atoms with E-state index < -0.39 is 5.54 Å². The van der Waals surface area contributed by atoms with Gasteiger partial charge in [-0.3, -0.25) is 14.6 Å². The number of nitrogens with two attached hydrogens (primary N) is 2. The first-order chi connectivity index (χ1) is 13.4. The Hall–Kier alpha value is -1.63. The average molecular weight is 412 g/mol. The van der Waals surface area contributed by atoms with Gasteiger partial charge in [-0.2, -0.15) is 0 Å². The number of nitrogens with zero attached hydrogens (tertiary/aromatic N) is 1. The summed E-state index contributed by atoms with van der Waals surface area (Å²) in [5.74, 6) is 0.486. The number of rotatable bonds is 6. The molecule has 1 aliphatic rings. The fraction of sp³-hybridized carbons (Fsp3) is 0.864. The van der Waals surface area contributed by atoms with Gasteiger partial charge in [-0.1, -0.05) is 40.5 Å². The van der Waals surface area contributed by atoms with E-state index in [9.17, 15) is 9.59 Å². The highest BCUT2D eigenvalue weighted by Crippen LogP contribution is 2.23. The van der Waals surface area contributed by atoms with Crippen LogP contribution in [0.3, 0.4) is 0 Å². The fourth-order valence-electron chi connectivity index (χ4n) is 3.91. The Bertz CT molecular complexity index is 499. The summed E-state index contributed by atoms with van der Waals surface area (Å²) >= 11 is 0. The molecule has 6 N–H and O–H groups in total. The molecule has 1 fully saturated rings. The molecule has 0 unspecified atom stereocenters. The molecule has 7 heteroatoms. The van der Waals surface area contributed by atoms with Crippen LogP contribution in [0.1, 0.15) is 91.9 Å². The van der Waals surface area contributed by atoms with E-state index in [0.29, 0.717) is 32.2 Å². The van der Waals surface area contributed by atoms with Crippen molar-refractivity contribution in [1.82, 2.24) is 10.6 Å². The second-order valence-electron chi connectivity index (χ2n) is 8.00. The zero-order valence-corrected chi connectivity index (χ0v) is 17.9. The molecule has 1 heterocycles. The molecule has 0 spiro atoms. The zero-order valence-electron chi connectivity index (χ0n) is 17.9. The summed E-state index contributed by atoms with van der Waals surface area (Å²) in [6, 6.07) is 0. The van der Waals surface area contributed by atoms with Gasteiger partial charge in [-0.25, -0.2) is 0 Å². The van der Waals surface area contributed by atoms with E-state index in [0.717, 1.165) is 51.6 Å². The van der Waals surface area contributed by atoms with Crippen LogP contribution in [0, 0.1) is 5.92 Å². The summed E-state index contributed by atoms with van der Waals surface area (Å²) in [6.07, 6.45) is 9.39. The first-order valence-electron chi connectivity index (χ1n) is 11.0. The van der Waals surface area contributed by atoms with Crippen molar-refractivity contribution >= 4 is 17.6 Å². The zero-order chi connectivity index (χ0) is 20.8. The molecular formula is C22H45N5O2. The highest BCUT2D eigenvalue weighted by molar-refractivity contribution is 5.93. The van der Waals surface area contributed by atoms with Crippen molar-refractivity contribution in [2.45, 2.75) is 97.4 Å². The second kappa shape index (κ2) is 15.2. The third kappa shape index (κ3) is 10.6. The van der Waals surface area contributed by atoms with Crippen LogP contribution in [-0.2, 0) is 9.59 Å². The van der Waals surface area contributed by atoms with E-state index in [1.165, 1.54) is 6.42 Å². The Balaban J connectivity index is 0.00000784. The second-order valence-corrected chi connectivity index (χ2v) is 8.00. The number of amides is 1. The highest BCUT2D eigenvalue weighted by atomic mass is 16.2. The van der Waals surface area contributed by atoms with E-state index in [-0.39, 0.29) is 31.0 Å². The lowest BCUT2D eigenvalue weighted by atomic mass is 9.82. The van der Waals surface area contributed by atoms with E-state index in [2.05, 4.69) is 15.6 Å². The molecular weight excluding hydrogens is 366 g/mol. The van der Waals surface area contributed by atoms with Crippen molar-refractivity contribution in [2.75, 3.05) is 19.6 Å². The largest absolute Gasteiger partial charge is 0.370 e. The standard InChI is InChI=1S/C21H41N5O2.CH4/c1-3-21(4-2)18(27)15-17(11-10-14-25-20(22)23)16-24-13-9-7-5-6-8-12-19(28)26-21;/h17,24H,3-16H2,1-2H3,(H,26,28)(H4,22,23,25);1H4/t17-;/m1./s1. The van der Waals surface area contributed by atoms with Crippen LogP contribution >= 0.6 is 0 Å². The maximum absolute atomic E-state index is 13.2. The molecule has 0 aromatic rings. The van der Waals surface area contributed by atoms with Gasteiger partial charge in [0.25, 0.3) is 0 Å². The fourth-order valence-corrected chi connectivity index (χ4v) is 3.91. The Kier molecular flexibility index (Phi) is 14.4. The maximum Gasteiger partial charge on any atom is 0.220 e. The number of guanidine groups is 1. The monoisotopic (exact) mass is 411 g/mol. The molecule has 7 nitrogen and oxygen atoms in total. The number of hydrogen-bond donors (Lipinski definition) is 4.